The largest absolute Gasteiger partial charge is 0.495 e. The Hall–Kier alpha value is -1.52. The molecule has 0 aliphatic rings. The summed E-state index contributed by atoms with van der Waals surface area (Å²) in [4.78, 5) is 12.8. The molecule has 0 bridgehead atoms. The smallest absolute Gasteiger partial charge is 0.208 e. The normalized spacial score (nSPS) is 10.2. The molecule has 0 aliphatic carbocycles. The Labute approximate surface area is 108 Å². The number of anilines is 1. The van der Waals surface area contributed by atoms with Crippen LogP contribution >= 0.6 is 22.9 Å². The molecule has 1 aromatic heterocycles. The van der Waals surface area contributed by atoms with Crippen molar-refractivity contribution in [3.63, 3.8) is 0 Å². The van der Waals surface area contributed by atoms with Crippen molar-refractivity contribution in [3.05, 3.63) is 45.1 Å². The number of nitrogen functional groups attached to an aromatic ring is 1. The van der Waals surface area contributed by atoms with Crippen LogP contribution in [-0.4, -0.2) is 12.9 Å². The molecule has 0 unspecified atom stereocenters. The minimum Gasteiger partial charge on any atom is -0.495 e. The van der Waals surface area contributed by atoms with E-state index in [4.69, 9.17) is 22.1 Å². The molecule has 1 heterocycles. The quantitative estimate of drug-likeness (QED) is 0.686. The molecule has 0 saturated carbocycles. The van der Waals surface area contributed by atoms with Crippen LogP contribution in [0.15, 0.2) is 29.6 Å². The Morgan fingerprint density at radius 2 is 2.18 bits per heavy atom. The number of carbonyl (C=O) groups excluding carboxylic acids is 1. The van der Waals surface area contributed by atoms with Gasteiger partial charge in [0.25, 0.3) is 0 Å². The number of halogens is 1. The topological polar surface area (TPSA) is 52.3 Å². The Balaban J connectivity index is 2.47. The molecule has 0 spiro atoms. The standard InChI is InChI=1S/C12H10ClNO2S/c1-16-10-4-5-17-12(10)11(15)8-6-7(14)2-3-9(8)13/h2-6H,14H2,1H3. The van der Waals surface area contributed by atoms with Crippen LogP contribution in [0.4, 0.5) is 5.69 Å². The molecule has 2 rings (SSSR count). The minimum absolute atomic E-state index is 0.172. The van der Waals surface area contributed by atoms with Crippen molar-refractivity contribution in [2.24, 2.45) is 0 Å². The van der Waals surface area contributed by atoms with E-state index < -0.39 is 0 Å². The van der Waals surface area contributed by atoms with Crippen LogP contribution in [0.3, 0.4) is 0 Å². The molecule has 1 aromatic carbocycles. The first-order valence-corrected chi connectivity index (χ1v) is 6.10. The maximum absolute atomic E-state index is 12.3. The molecule has 17 heavy (non-hydrogen) atoms. The van der Waals surface area contributed by atoms with Gasteiger partial charge < -0.3 is 10.5 Å². The third kappa shape index (κ3) is 2.28. The highest BCUT2D eigenvalue weighted by atomic mass is 35.5. The Bertz CT molecular complexity index is 565. The molecular weight excluding hydrogens is 258 g/mol. The molecule has 0 aliphatic heterocycles. The summed E-state index contributed by atoms with van der Waals surface area (Å²) in [6, 6.07) is 6.59. The summed E-state index contributed by atoms with van der Waals surface area (Å²) in [6.45, 7) is 0. The summed E-state index contributed by atoms with van der Waals surface area (Å²) < 4.78 is 5.11. The molecule has 0 amide bonds. The fourth-order valence-corrected chi connectivity index (χ4v) is 2.48. The van der Waals surface area contributed by atoms with E-state index >= 15 is 0 Å². The van der Waals surface area contributed by atoms with E-state index in [1.807, 2.05) is 0 Å². The zero-order valence-corrected chi connectivity index (χ0v) is 10.6. The predicted octanol–water partition coefficient (Wildman–Crippen LogP) is 3.22. The Kier molecular flexibility index (Phi) is 3.36. The van der Waals surface area contributed by atoms with Gasteiger partial charge in [-0.1, -0.05) is 11.6 Å². The lowest BCUT2D eigenvalue weighted by Crippen LogP contribution is -2.02. The number of rotatable bonds is 3. The Morgan fingerprint density at radius 3 is 2.88 bits per heavy atom. The highest BCUT2D eigenvalue weighted by molar-refractivity contribution is 7.12. The minimum atomic E-state index is -0.172. The summed E-state index contributed by atoms with van der Waals surface area (Å²) in [5.41, 5.74) is 6.55. The molecule has 2 N–H and O–H groups in total. The number of methoxy groups -OCH3 is 1. The molecule has 5 heteroatoms. The molecule has 0 radical (unpaired) electrons. The lowest BCUT2D eigenvalue weighted by molar-refractivity contribution is 0.104. The molecule has 3 nitrogen and oxygen atoms in total. The van der Waals surface area contributed by atoms with Crippen LogP contribution < -0.4 is 10.5 Å². The van der Waals surface area contributed by atoms with Gasteiger partial charge in [-0.2, -0.15) is 0 Å². The van der Waals surface area contributed by atoms with Crippen LogP contribution in [0.1, 0.15) is 15.2 Å². The van der Waals surface area contributed by atoms with Crippen molar-refractivity contribution < 1.29 is 9.53 Å². The average molecular weight is 268 g/mol. The fourth-order valence-electron chi connectivity index (χ4n) is 1.46. The second-order valence-corrected chi connectivity index (χ2v) is 4.71. The summed E-state index contributed by atoms with van der Waals surface area (Å²) in [7, 11) is 1.53. The van der Waals surface area contributed by atoms with Crippen LogP contribution in [-0.2, 0) is 0 Å². The number of ketones is 1. The maximum Gasteiger partial charge on any atom is 0.208 e. The van der Waals surface area contributed by atoms with Crippen LogP contribution in [0.5, 0.6) is 5.75 Å². The summed E-state index contributed by atoms with van der Waals surface area (Å²) in [6.07, 6.45) is 0. The van der Waals surface area contributed by atoms with E-state index in [9.17, 15) is 4.79 Å². The van der Waals surface area contributed by atoms with Crippen LogP contribution in [0.25, 0.3) is 0 Å². The first-order chi connectivity index (χ1) is 8.13. The number of ether oxygens (including phenoxy) is 1. The SMILES string of the molecule is COc1ccsc1C(=O)c1cc(N)ccc1Cl. The van der Waals surface area contributed by atoms with Crippen molar-refractivity contribution in [2.75, 3.05) is 12.8 Å². The summed E-state index contributed by atoms with van der Waals surface area (Å²) >= 11 is 7.31. The molecular formula is C12H10ClNO2S. The van der Waals surface area contributed by atoms with E-state index in [2.05, 4.69) is 0 Å². The van der Waals surface area contributed by atoms with Gasteiger partial charge in [0.1, 0.15) is 10.6 Å². The monoisotopic (exact) mass is 267 g/mol. The van der Waals surface area contributed by atoms with Crippen molar-refractivity contribution in [2.45, 2.75) is 0 Å². The highest BCUT2D eigenvalue weighted by Gasteiger charge is 2.18. The number of hydrogen-bond donors (Lipinski definition) is 1. The number of hydrogen-bond acceptors (Lipinski definition) is 4. The second-order valence-electron chi connectivity index (χ2n) is 3.39. The number of benzene rings is 1. The molecule has 0 atom stereocenters. The Morgan fingerprint density at radius 1 is 1.41 bits per heavy atom. The molecule has 2 aromatic rings. The fraction of sp³-hybridized carbons (Fsp3) is 0.0833. The van der Waals surface area contributed by atoms with E-state index in [-0.39, 0.29) is 5.78 Å². The third-order valence-electron chi connectivity index (χ3n) is 2.29. The van der Waals surface area contributed by atoms with Gasteiger partial charge in [-0.05, 0) is 29.6 Å². The zero-order chi connectivity index (χ0) is 12.4. The van der Waals surface area contributed by atoms with E-state index in [0.717, 1.165) is 0 Å². The van der Waals surface area contributed by atoms with Crippen molar-refractivity contribution >= 4 is 34.4 Å². The van der Waals surface area contributed by atoms with Gasteiger partial charge in [0.2, 0.25) is 5.78 Å². The number of thiophene rings is 1. The zero-order valence-electron chi connectivity index (χ0n) is 9.07. The number of carbonyl (C=O) groups is 1. The van der Waals surface area contributed by atoms with Gasteiger partial charge in [0, 0.05) is 11.3 Å². The lowest BCUT2D eigenvalue weighted by atomic mass is 10.1. The van der Waals surface area contributed by atoms with Crippen molar-refractivity contribution in [1.82, 2.24) is 0 Å². The second kappa shape index (κ2) is 4.77. The van der Waals surface area contributed by atoms with Gasteiger partial charge in [-0.3, -0.25) is 4.79 Å². The lowest BCUT2D eigenvalue weighted by Gasteiger charge is -2.05. The molecule has 0 fully saturated rings. The van der Waals surface area contributed by atoms with Gasteiger partial charge in [0.15, 0.2) is 0 Å². The third-order valence-corrected chi connectivity index (χ3v) is 3.51. The highest BCUT2D eigenvalue weighted by Crippen LogP contribution is 2.30. The van der Waals surface area contributed by atoms with Gasteiger partial charge >= 0.3 is 0 Å². The van der Waals surface area contributed by atoms with Gasteiger partial charge in [-0.25, -0.2) is 0 Å². The van der Waals surface area contributed by atoms with Crippen molar-refractivity contribution in [3.8, 4) is 5.75 Å². The van der Waals surface area contributed by atoms with E-state index in [1.54, 1.807) is 29.6 Å². The van der Waals surface area contributed by atoms with Crippen molar-refractivity contribution in [1.29, 1.82) is 0 Å². The van der Waals surface area contributed by atoms with Crippen LogP contribution in [0.2, 0.25) is 5.02 Å². The van der Waals surface area contributed by atoms with Gasteiger partial charge in [-0.15, -0.1) is 11.3 Å². The van der Waals surface area contributed by atoms with E-state index in [1.165, 1.54) is 18.4 Å². The molecule has 88 valence electrons. The van der Waals surface area contributed by atoms with Gasteiger partial charge in [0.05, 0.1) is 12.1 Å². The first kappa shape index (κ1) is 12.0. The maximum atomic E-state index is 12.3. The van der Waals surface area contributed by atoms with Crippen LogP contribution in [0, 0.1) is 0 Å². The summed E-state index contributed by atoms with van der Waals surface area (Å²) in [5.74, 6) is 0.382. The van der Waals surface area contributed by atoms with E-state index in [0.29, 0.717) is 26.9 Å². The number of nitrogens with two attached hydrogens (primary N) is 1. The average Bonchev–Trinajstić information content (AvgIpc) is 2.79. The summed E-state index contributed by atoms with van der Waals surface area (Å²) in [5, 5.41) is 2.19. The molecule has 0 saturated heterocycles. The first-order valence-electron chi connectivity index (χ1n) is 4.84. The predicted molar refractivity (Wildman–Crippen MR) is 70.2 cm³/mol.